The molecule has 0 unspecified atom stereocenters. The number of amides is 1. The van der Waals surface area contributed by atoms with Gasteiger partial charge in [-0.1, -0.05) is 36.4 Å². The number of hydrogen-bond donors (Lipinski definition) is 0. The fourth-order valence-corrected chi connectivity index (χ4v) is 3.48. The SMILES string of the molecule is C=CCN(CC=C)C(=O)COC(=O)c1ccccc1SCc1ccc(C#N)cc1. The van der Waals surface area contributed by atoms with Crippen LogP contribution in [0.25, 0.3) is 0 Å². The third-order valence-corrected chi connectivity index (χ3v) is 5.11. The number of carbonyl (C=O) groups is 2. The number of esters is 1. The monoisotopic (exact) mass is 406 g/mol. The fraction of sp³-hybridized carbons (Fsp3) is 0.174. The predicted molar refractivity (Wildman–Crippen MR) is 114 cm³/mol. The Bertz CT molecular complexity index is 906. The molecule has 0 atom stereocenters. The molecule has 6 heteroatoms. The fourth-order valence-electron chi connectivity index (χ4n) is 2.48. The van der Waals surface area contributed by atoms with Gasteiger partial charge in [0.15, 0.2) is 6.61 Å². The van der Waals surface area contributed by atoms with Crippen LogP contribution in [0.1, 0.15) is 21.5 Å². The molecule has 0 saturated carbocycles. The number of hydrogen-bond acceptors (Lipinski definition) is 5. The Labute approximate surface area is 175 Å². The topological polar surface area (TPSA) is 70.4 Å². The molecule has 2 aromatic rings. The molecular formula is C23H22N2O3S. The summed E-state index contributed by atoms with van der Waals surface area (Å²) in [4.78, 5) is 27.0. The highest BCUT2D eigenvalue weighted by Crippen LogP contribution is 2.27. The molecule has 2 rings (SSSR count). The van der Waals surface area contributed by atoms with Crippen LogP contribution in [-0.2, 0) is 15.3 Å². The van der Waals surface area contributed by atoms with E-state index in [0.717, 1.165) is 10.5 Å². The van der Waals surface area contributed by atoms with Crippen molar-refractivity contribution in [2.24, 2.45) is 0 Å². The van der Waals surface area contributed by atoms with Crippen molar-refractivity contribution in [3.8, 4) is 6.07 Å². The van der Waals surface area contributed by atoms with E-state index in [2.05, 4.69) is 19.2 Å². The van der Waals surface area contributed by atoms with Gasteiger partial charge in [-0.25, -0.2) is 4.79 Å². The number of nitrogens with zero attached hydrogens (tertiary/aromatic N) is 2. The van der Waals surface area contributed by atoms with E-state index in [1.165, 1.54) is 16.7 Å². The summed E-state index contributed by atoms with van der Waals surface area (Å²) in [6.45, 7) is 7.62. The zero-order valence-corrected chi connectivity index (χ0v) is 16.9. The lowest BCUT2D eigenvalue weighted by molar-refractivity contribution is -0.133. The minimum absolute atomic E-state index is 0.305. The van der Waals surface area contributed by atoms with E-state index in [4.69, 9.17) is 10.00 Å². The second-order valence-corrected chi connectivity index (χ2v) is 7.06. The van der Waals surface area contributed by atoms with Gasteiger partial charge in [-0.15, -0.1) is 24.9 Å². The summed E-state index contributed by atoms with van der Waals surface area (Å²) in [6, 6.07) is 16.5. The normalized spacial score (nSPS) is 9.90. The third-order valence-electron chi connectivity index (χ3n) is 3.96. The first-order chi connectivity index (χ1) is 14.1. The van der Waals surface area contributed by atoms with Crippen molar-refractivity contribution in [1.29, 1.82) is 5.26 Å². The molecule has 0 radical (unpaired) electrons. The predicted octanol–water partition coefficient (Wildman–Crippen LogP) is 4.21. The van der Waals surface area contributed by atoms with Crippen molar-refractivity contribution < 1.29 is 14.3 Å². The zero-order chi connectivity index (χ0) is 21.1. The highest BCUT2D eigenvalue weighted by atomic mass is 32.2. The van der Waals surface area contributed by atoms with Gasteiger partial charge in [0.25, 0.3) is 5.91 Å². The van der Waals surface area contributed by atoms with Gasteiger partial charge < -0.3 is 9.64 Å². The summed E-state index contributed by atoms with van der Waals surface area (Å²) in [6.07, 6.45) is 3.22. The molecule has 0 heterocycles. The zero-order valence-electron chi connectivity index (χ0n) is 16.0. The van der Waals surface area contributed by atoms with Crippen LogP contribution in [-0.4, -0.2) is 36.5 Å². The molecule has 0 saturated heterocycles. The first kappa shape index (κ1) is 22.0. The Morgan fingerprint density at radius 1 is 1.07 bits per heavy atom. The van der Waals surface area contributed by atoms with Gasteiger partial charge in [0.2, 0.25) is 0 Å². The van der Waals surface area contributed by atoms with Crippen molar-refractivity contribution in [3.63, 3.8) is 0 Å². The summed E-state index contributed by atoms with van der Waals surface area (Å²) in [5.41, 5.74) is 2.06. The average Bonchev–Trinajstić information content (AvgIpc) is 2.76. The number of ether oxygens (including phenoxy) is 1. The molecule has 29 heavy (non-hydrogen) atoms. The van der Waals surface area contributed by atoms with Crippen molar-refractivity contribution >= 4 is 23.6 Å². The molecule has 1 amide bonds. The molecule has 148 valence electrons. The van der Waals surface area contributed by atoms with Gasteiger partial charge in [-0.3, -0.25) is 4.79 Å². The highest BCUT2D eigenvalue weighted by Gasteiger charge is 2.17. The maximum atomic E-state index is 12.5. The molecule has 2 aromatic carbocycles. The summed E-state index contributed by atoms with van der Waals surface area (Å²) in [5.74, 6) is -0.208. The second-order valence-electron chi connectivity index (χ2n) is 6.05. The summed E-state index contributed by atoms with van der Waals surface area (Å²) in [7, 11) is 0. The summed E-state index contributed by atoms with van der Waals surface area (Å²) >= 11 is 1.49. The maximum Gasteiger partial charge on any atom is 0.339 e. The van der Waals surface area contributed by atoms with Gasteiger partial charge in [0.1, 0.15) is 0 Å². The van der Waals surface area contributed by atoms with Gasteiger partial charge in [-0.2, -0.15) is 5.26 Å². The van der Waals surface area contributed by atoms with Crippen LogP contribution >= 0.6 is 11.8 Å². The lowest BCUT2D eigenvalue weighted by Gasteiger charge is -2.19. The number of thioether (sulfide) groups is 1. The van der Waals surface area contributed by atoms with Gasteiger partial charge in [-0.05, 0) is 29.8 Å². The summed E-state index contributed by atoms with van der Waals surface area (Å²) < 4.78 is 5.24. The minimum Gasteiger partial charge on any atom is -0.452 e. The van der Waals surface area contributed by atoms with Crippen LogP contribution in [0, 0.1) is 11.3 Å². The van der Waals surface area contributed by atoms with E-state index in [0.29, 0.717) is 30.0 Å². The largest absolute Gasteiger partial charge is 0.452 e. The molecule has 0 aromatic heterocycles. The van der Waals surface area contributed by atoms with Crippen LogP contribution < -0.4 is 0 Å². The highest BCUT2D eigenvalue weighted by molar-refractivity contribution is 7.98. The molecule has 0 aliphatic heterocycles. The van der Waals surface area contributed by atoms with Crippen LogP contribution in [0.3, 0.4) is 0 Å². The Kier molecular flexibility index (Phi) is 8.74. The van der Waals surface area contributed by atoms with Crippen LogP contribution in [0.2, 0.25) is 0 Å². The second kappa shape index (κ2) is 11.5. The van der Waals surface area contributed by atoms with Crippen LogP contribution in [0.15, 0.2) is 78.7 Å². The Morgan fingerprint density at radius 2 is 1.72 bits per heavy atom. The molecule has 0 aliphatic rings. The van der Waals surface area contributed by atoms with E-state index >= 15 is 0 Å². The minimum atomic E-state index is -0.543. The maximum absolute atomic E-state index is 12.5. The molecule has 5 nitrogen and oxygen atoms in total. The molecule has 0 spiro atoms. The van der Waals surface area contributed by atoms with E-state index in [9.17, 15) is 9.59 Å². The average molecular weight is 407 g/mol. The summed E-state index contributed by atoms with van der Waals surface area (Å²) in [5, 5.41) is 8.87. The van der Waals surface area contributed by atoms with E-state index in [1.54, 1.807) is 36.4 Å². The van der Waals surface area contributed by atoms with E-state index in [-0.39, 0.29) is 12.5 Å². The molecule has 0 fully saturated rings. The van der Waals surface area contributed by atoms with E-state index in [1.807, 2.05) is 24.3 Å². The number of carbonyl (C=O) groups excluding carboxylic acids is 2. The molecule has 0 N–H and O–H groups in total. The Morgan fingerprint density at radius 3 is 2.34 bits per heavy atom. The number of benzene rings is 2. The first-order valence-electron chi connectivity index (χ1n) is 8.96. The lowest BCUT2D eigenvalue weighted by atomic mass is 10.2. The van der Waals surface area contributed by atoms with Crippen molar-refractivity contribution in [2.75, 3.05) is 19.7 Å². The molecule has 0 bridgehead atoms. The van der Waals surface area contributed by atoms with Crippen molar-refractivity contribution in [1.82, 2.24) is 4.90 Å². The van der Waals surface area contributed by atoms with Gasteiger partial charge >= 0.3 is 5.97 Å². The van der Waals surface area contributed by atoms with Crippen LogP contribution in [0.5, 0.6) is 0 Å². The standard InChI is InChI=1S/C23H22N2O3S/c1-3-13-25(14-4-2)22(26)16-28-23(27)20-7-5-6-8-21(20)29-17-19-11-9-18(15-24)10-12-19/h3-12H,1-2,13-14,16-17H2. The van der Waals surface area contributed by atoms with Crippen LogP contribution in [0.4, 0.5) is 0 Å². The molecular weight excluding hydrogens is 384 g/mol. The number of nitriles is 1. The smallest absolute Gasteiger partial charge is 0.339 e. The van der Waals surface area contributed by atoms with Crippen molar-refractivity contribution in [3.05, 3.63) is 90.5 Å². The van der Waals surface area contributed by atoms with Gasteiger partial charge in [0.05, 0.1) is 17.2 Å². The molecule has 0 aliphatic carbocycles. The lowest BCUT2D eigenvalue weighted by Crippen LogP contribution is -2.35. The van der Waals surface area contributed by atoms with Gasteiger partial charge in [0, 0.05) is 23.7 Å². The Hall–Kier alpha value is -3.30. The number of rotatable bonds is 10. The third kappa shape index (κ3) is 6.66. The van der Waals surface area contributed by atoms with Crippen molar-refractivity contribution in [2.45, 2.75) is 10.6 Å². The first-order valence-corrected chi connectivity index (χ1v) is 9.95. The quantitative estimate of drug-likeness (QED) is 0.336. The van der Waals surface area contributed by atoms with E-state index < -0.39 is 5.97 Å². The Balaban J connectivity index is 2.00.